The molecule has 2 aliphatic rings. The molecule has 0 radical (unpaired) electrons. The van der Waals surface area contributed by atoms with E-state index >= 15 is 0 Å². The van der Waals surface area contributed by atoms with Gasteiger partial charge in [0.2, 0.25) is 5.91 Å². The van der Waals surface area contributed by atoms with Crippen molar-refractivity contribution in [2.24, 2.45) is 0 Å². The Labute approximate surface area is 74.9 Å². The zero-order chi connectivity index (χ0) is 8.55. The lowest BCUT2D eigenvalue weighted by Gasteiger charge is -2.33. The van der Waals surface area contributed by atoms with E-state index in [1.807, 2.05) is 11.8 Å². The highest BCUT2D eigenvalue weighted by atomic mass is 31.1. The van der Waals surface area contributed by atoms with Gasteiger partial charge in [-0.05, 0) is 13.1 Å². The van der Waals surface area contributed by atoms with Gasteiger partial charge in [0, 0.05) is 25.4 Å². The van der Waals surface area contributed by atoms with Crippen molar-refractivity contribution in [2.45, 2.75) is 12.7 Å². The molecule has 68 valence electrons. The molecule has 0 spiro atoms. The van der Waals surface area contributed by atoms with Crippen LogP contribution < -0.4 is 0 Å². The predicted molar refractivity (Wildman–Crippen MR) is 50.8 cm³/mol. The smallest absolute Gasteiger partial charge is 0.236 e. The maximum absolute atomic E-state index is 11.5. The summed E-state index contributed by atoms with van der Waals surface area (Å²) >= 11 is 0. The van der Waals surface area contributed by atoms with Crippen molar-refractivity contribution in [1.29, 1.82) is 0 Å². The molecule has 0 aromatic rings. The maximum atomic E-state index is 11.5. The number of hydrogen-bond acceptors (Lipinski definition) is 2. The third-order valence-corrected chi connectivity index (χ3v) is 3.70. The van der Waals surface area contributed by atoms with Gasteiger partial charge in [0.15, 0.2) is 0 Å². The fourth-order valence-electron chi connectivity index (χ4n) is 1.64. The second-order valence-electron chi connectivity index (χ2n) is 3.37. The van der Waals surface area contributed by atoms with E-state index < -0.39 is 0 Å². The summed E-state index contributed by atoms with van der Waals surface area (Å²) in [7, 11) is 1.09. The first kappa shape index (κ1) is 8.46. The first-order valence-electron chi connectivity index (χ1n) is 4.56. The number of hydrogen-bond donors (Lipinski definition) is 0. The van der Waals surface area contributed by atoms with Crippen LogP contribution in [-0.2, 0) is 4.79 Å². The van der Waals surface area contributed by atoms with Gasteiger partial charge in [-0.15, -0.1) is 8.58 Å². The lowest BCUT2D eigenvalue weighted by Crippen LogP contribution is -2.50. The van der Waals surface area contributed by atoms with Crippen LogP contribution in [0.15, 0.2) is 0 Å². The van der Waals surface area contributed by atoms with Crippen LogP contribution in [0.1, 0.15) is 6.92 Å². The average Bonchev–Trinajstić information content (AvgIpc) is 2.86. The van der Waals surface area contributed by atoms with Crippen molar-refractivity contribution in [3.8, 4) is 0 Å². The Balaban J connectivity index is 1.89. The lowest BCUT2D eigenvalue weighted by atomic mass is 10.3. The van der Waals surface area contributed by atoms with Crippen LogP contribution in [0, 0.1) is 0 Å². The molecule has 2 aliphatic heterocycles. The topological polar surface area (TPSA) is 23.6 Å². The van der Waals surface area contributed by atoms with E-state index in [0.717, 1.165) is 34.0 Å². The number of amides is 1. The zero-order valence-electron chi connectivity index (χ0n) is 7.42. The highest BCUT2D eigenvalue weighted by molar-refractivity contribution is 7.47. The Bertz CT molecular complexity index is 193. The molecule has 2 unspecified atom stereocenters. The molecule has 2 atom stereocenters. The molecule has 0 aliphatic carbocycles. The fourth-order valence-corrected chi connectivity index (χ4v) is 2.48. The summed E-state index contributed by atoms with van der Waals surface area (Å²) in [6, 6.07) is 0. The summed E-state index contributed by atoms with van der Waals surface area (Å²) in [5.74, 6) is 1.09. The Morgan fingerprint density at radius 3 is 2.83 bits per heavy atom. The Morgan fingerprint density at radius 1 is 1.58 bits per heavy atom. The van der Waals surface area contributed by atoms with Crippen molar-refractivity contribution >= 4 is 14.5 Å². The van der Waals surface area contributed by atoms with Gasteiger partial charge in [0.1, 0.15) is 0 Å². The Hall–Kier alpha value is -0.140. The van der Waals surface area contributed by atoms with Crippen LogP contribution in [0.4, 0.5) is 0 Å². The van der Waals surface area contributed by atoms with E-state index in [1.54, 1.807) is 0 Å². The van der Waals surface area contributed by atoms with Gasteiger partial charge in [0.05, 0.1) is 6.54 Å². The molecular weight excluding hydrogens is 171 g/mol. The van der Waals surface area contributed by atoms with Crippen LogP contribution in [0.5, 0.6) is 0 Å². The average molecular weight is 186 g/mol. The predicted octanol–water partition coefficient (Wildman–Crippen LogP) is 0.169. The Kier molecular flexibility index (Phi) is 2.33. The summed E-state index contributed by atoms with van der Waals surface area (Å²) in [4.78, 5) is 15.7. The molecule has 0 N–H and O–H groups in total. The van der Waals surface area contributed by atoms with Crippen LogP contribution >= 0.6 is 8.58 Å². The Morgan fingerprint density at radius 2 is 2.33 bits per heavy atom. The van der Waals surface area contributed by atoms with Crippen LogP contribution in [0.25, 0.3) is 0 Å². The molecule has 3 nitrogen and oxygen atoms in total. The van der Waals surface area contributed by atoms with Crippen molar-refractivity contribution in [3.05, 3.63) is 0 Å². The van der Waals surface area contributed by atoms with E-state index in [2.05, 4.69) is 4.90 Å². The lowest BCUT2D eigenvalue weighted by molar-refractivity contribution is -0.135. The monoisotopic (exact) mass is 186 g/mol. The number of nitrogens with zero attached hydrogens (tertiary/aromatic N) is 2. The van der Waals surface area contributed by atoms with E-state index in [1.165, 1.54) is 6.16 Å². The highest BCUT2D eigenvalue weighted by Gasteiger charge is 2.33. The summed E-state index contributed by atoms with van der Waals surface area (Å²) in [6.45, 7) is 5.63. The van der Waals surface area contributed by atoms with Crippen molar-refractivity contribution in [1.82, 2.24) is 9.80 Å². The van der Waals surface area contributed by atoms with Crippen molar-refractivity contribution in [3.63, 3.8) is 0 Å². The normalized spacial score (nSPS) is 32.9. The first-order chi connectivity index (χ1) is 5.81. The van der Waals surface area contributed by atoms with Crippen molar-refractivity contribution < 1.29 is 4.79 Å². The molecule has 0 aromatic carbocycles. The minimum atomic E-state index is 0.320. The van der Waals surface area contributed by atoms with E-state index in [-0.39, 0.29) is 0 Å². The molecule has 0 aromatic heterocycles. The van der Waals surface area contributed by atoms with Crippen LogP contribution in [0.3, 0.4) is 0 Å². The standard InChI is InChI=1S/C8H15N2OP/c1-2-9-3-4-10(5-7(9)11)8-6-12-8/h8,12H,2-6H2,1H3. The molecule has 2 saturated heterocycles. The van der Waals surface area contributed by atoms with E-state index in [4.69, 9.17) is 0 Å². The van der Waals surface area contributed by atoms with Gasteiger partial charge in [-0.1, -0.05) is 0 Å². The van der Waals surface area contributed by atoms with Gasteiger partial charge in [-0.2, -0.15) is 0 Å². The number of piperazine rings is 1. The molecule has 0 saturated carbocycles. The fraction of sp³-hybridized carbons (Fsp3) is 0.875. The minimum absolute atomic E-state index is 0.320. The zero-order valence-corrected chi connectivity index (χ0v) is 8.42. The first-order valence-corrected chi connectivity index (χ1v) is 5.85. The van der Waals surface area contributed by atoms with Gasteiger partial charge >= 0.3 is 0 Å². The molecule has 12 heavy (non-hydrogen) atoms. The minimum Gasteiger partial charge on any atom is -0.341 e. The highest BCUT2D eigenvalue weighted by Crippen LogP contribution is 2.41. The van der Waals surface area contributed by atoms with Crippen LogP contribution in [-0.4, -0.2) is 53.8 Å². The van der Waals surface area contributed by atoms with E-state index in [9.17, 15) is 4.79 Å². The van der Waals surface area contributed by atoms with Crippen molar-refractivity contribution in [2.75, 3.05) is 32.3 Å². The molecule has 0 bridgehead atoms. The molecule has 2 heterocycles. The number of likely N-dealkylation sites (N-methyl/N-ethyl adjacent to an activating group) is 1. The summed E-state index contributed by atoms with van der Waals surface area (Å²) in [5.41, 5.74) is 0. The summed E-state index contributed by atoms with van der Waals surface area (Å²) < 4.78 is 0. The molecule has 2 rings (SSSR count). The third kappa shape index (κ3) is 1.62. The number of carbonyl (C=O) groups excluding carboxylic acids is 1. The quantitative estimate of drug-likeness (QED) is 0.574. The summed E-state index contributed by atoms with van der Waals surface area (Å²) in [5, 5.41) is 0. The second-order valence-corrected chi connectivity index (χ2v) is 4.85. The van der Waals surface area contributed by atoms with Gasteiger partial charge in [-0.3, -0.25) is 9.69 Å². The number of rotatable bonds is 2. The molecule has 2 fully saturated rings. The van der Waals surface area contributed by atoms with E-state index in [0.29, 0.717) is 12.5 Å². The third-order valence-electron chi connectivity index (χ3n) is 2.56. The van der Waals surface area contributed by atoms with Gasteiger partial charge < -0.3 is 4.90 Å². The van der Waals surface area contributed by atoms with Crippen LogP contribution in [0.2, 0.25) is 0 Å². The molecule has 4 heteroatoms. The summed E-state index contributed by atoms with van der Waals surface area (Å²) in [6.07, 6.45) is 1.33. The largest absolute Gasteiger partial charge is 0.341 e. The molecule has 1 amide bonds. The number of carbonyl (C=O) groups is 1. The molecular formula is C8H15N2OP. The second kappa shape index (κ2) is 3.31. The van der Waals surface area contributed by atoms with Gasteiger partial charge in [0.25, 0.3) is 0 Å². The maximum Gasteiger partial charge on any atom is 0.236 e. The van der Waals surface area contributed by atoms with Gasteiger partial charge in [-0.25, -0.2) is 0 Å². The SMILES string of the molecule is CCN1CCN(C2CP2)CC1=O.